The van der Waals surface area contributed by atoms with Gasteiger partial charge in [-0.05, 0) is 29.8 Å². The van der Waals surface area contributed by atoms with E-state index in [-0.39, 0.29) is 24.1 Å². The zero-order valence-corrected chi connectivity index (χ0v) is 10.4. The molecule has 98 valence electrons. The van der Waals surface area contributed by atoms with Crippen LogP contribution in [0.5, 0.6) is 5.75 Å². The topological polar surface area (TPSA) is 85.6 Å². The summed E-state index contributed by atoms with van der Waals surface area (Å²) >= 11 is 0. The number of nitrogens with zero attached hydrogens (tertiary/aromatic N) is 3. The van der Waals surface area contributed by atoms with Gasteiger partial charge in [-0.25, -0.2) is 0 Å². The monoisotopic (exact) mass is 261 g/mol. The SMILES string of the molecule is C#CCN1C(=O)C(C)(C)Oc2ccc([N+](=O)[O-])nc21. The summed E-state index contributed by atoms with van der Waals surface area (Å²) in [7, 11) is 0. The molecule has 0 aliphatic carbocycles. The van der Waals surface area contributed by atoms with Crippen molar-refractivity contribution in [3.05, 3.63) is 22.2 Å². The van der Waals surface area contributed by atoms with Crippen LogP contribution in [0.25, 0.3) is 0 Å². The fourth-order valence-corrected chi connectivity index (χ4v) is 1.78. The van der Waals surface area contributed by atoms with Crippen LogP contribution in [0.3, 0.4) is 0 Å². The summed E-state index contributed by atoms with van der Waals surface area (Å²) in [5, 5.41) is 10.7. The largest absolute Gasteiger partial charge is 0.472 e. The Labute approximate surface area is 109 Å². The van der Waals surface area contributed by atoms with E-state index in [0.29, 0.717) is 5.75 Å². The second-order valence-corrected chi connectivity index (χ2v) is 4.46. The van der Waals surface area contributed by atoms with E-state index in [0.717, 1.165) is 0 Å². The number of hydrogen-bond donors (Lipinski definition) is 0. The molecular weight excluding hydrogens is 250 g/mol. The first kappa shape index (κ1) is 12.8. The molecule has 0 N–H and O–H groups in total. The summed E-state index contributed by atoms with van der Waals surface area (Å²) in [4.78, 5) is 27.3. The maximum atomic E-state index is 12.2. The van der Waals surface area contributed by atoms with Crippen LogP contribution in [0, 0.1) is 22.5 Å². The van der Waals surface area contributed by atoms with Crippen molar-refractivity contribution >= 4 is 17.5 Å². The number of terminal acetylenes is 1. The summed E-state index contributed by atoms with van der Waals surface area (Å²) in [5.41, 5.74) is -1.08. The Kier molecular flexibility index (Phi) is 2.86. The van der Waals surface area contributed by atoms with E-state index in [9.17, 15) is 14.9 Å². The van der Waals surface area contributed by atoms with Gasteiger partial charge in [0.2, 0.25) is 0 Å². The molecule has 0 bridgehead atoms. The fourth-order valence-electron chi connectivity index (χ4n) is 1.78. The number of pyridine rings is 1. The lowest BCUT2D eigenvalue weighted by atomic mass is 10.1. The van der Waals surface area contributed by atoms with Gasteiger partial charge in [0.05, 0.1) is 6.54 Å². The van der Waals surface area contributed by atoms with Crippen molar-refractivity contribution in [1.29, 1.82) is 0 Å². The number of aromatic nitrogens is 1. The minimum atomic E-state index is -1.08. The van der Waals surface area contributed by atoms with Crippen LogP contribution < -0.4 is 9.64 Å². The smallest absolute Gasteiger partial charge is 0.366 e. The summed E-state index contributed by atoms with van der Waals surface area (Å²) in [6, 6.07) is 2.64. The summed E-state index contributed by atoms with van der Waals surface area (Å²) < 4.78 is 5.50. The molecule has 0 saturated heterocycles. The van der Waals surface area contributed by atoms with Crippen LogP contribution >= 0.6 is 0 Å². The molecule has 7 nitrogen and oxygen atoms in total. The number of nitro groups is 1. The second-order valence-electron chi connectivity index (χ2n) is 4.46. The number of hydrogen-bond acceptors (Lipinski definition) is 5. The van der Waals surface area contributed by atoms with E-state index < -0.39 is 10.5 Å². The molecule has 0 unspecified atom stereocenters. The number of rotatable bonds is 2. The third-order valence-electron chi connectivity index (χ3n) is 2.64. The molecule has 1 aromatic rings. The minimum Gasteiger partial charge on any atom is -0.472 e. The Bertz CT molecular complexity index is 603. The van der Waals surface area contributed by atoms with Crippen molar-refractivity contribution in [1.82, 2.24) is 4.98 Å². The van der Waals surface area contributed by atoms with Gasteiger partial charge in [0, 0.05) is 6.07 Å². The van der Waals surface area contributed by atoms with Crippen molar-refractivity contribution < 1.29 is 14.5 Å². The van der Waals surface area contributed by atoms with Gasteiger partial charge in [0.1, 0.15) is 0 Å². The third-order valence-corrected chi connectivity index (χ3v) is 2.64. The Hall–Kier alpha value is -2.62. The van der Waals surface area contributed by atoms with Gasteiger partial charge < -0.3 is 14.9 Å². The van der Waals surface area contributed by atoms with Gasteiger partial charge in [-0.2, -0.15) is 0 Å². The van der Waals surface area contributed by atoms with Crippen molar-refractivity contribution in [2.75, 3.05) is 11.4 Å². The van der Waals surface area contributed by atoms with Gasteiger partial charge in [0.25, 0.3) is 11.7 Å². The first-order chi connectivity index (χ1) is 8.86. The normalized spacial score (nSPS) is 16.3. The quantitative estimate of drug-likeness (QED) is 0.452. The number of amides is 1. The van der Waals surface area contributed by atoms with Crippen LogP contribution in [0.15, 0.2) is 12.1 Å². The number of carbonyl (C=O) groups is 1. The molecule has 1 amide bonds. The summed E-state index contributed by atoms with van der Waals surface area (Å²) in [6.07, 6.45) is 5.22. The Morgan fingerprint density at radius 1 is 1.58 bits per heavy atom. The summed E-state index contributed by atoms with van der Waals surface area (Å²) in [5.74, 6) is 1.96. The zero-order valence-electron chi connectivity index (χ0n) is 10.4. The number of anilines is 1. The minimum absolute atomic E-state index is 0.0210. The standard InChI is InChI=1S/C12H11N3O4/c1-4-7-14-10-8(19-12(2,3)11(14)16)5-6-9(13-10)15(17)18/h1,5-6H,7H2,2-3H3. The average molecular weight is 261 g/mol. The van der Waals surface area contributed by atoms with Crippen molar-refractivity contribution in [2.45, 2.75) is 19.4 Å². The maximum absolute atomic E-state index is 12.2. The zero-order chi connectivity index (χ0) is 14.2. The first-order valence-corrected chi connectivity index (χ1v) is 5.46. The van der Waals surface area contributed by atoms with Gasteiger partial charge in [-0.3, -0.25) is 9.69 Å². The van der Waals surface area contributed by atoms with Gasteiger partial charge in [0.15, 0.2) is 11.4 Å². The van der Waals surface area contributed by atoms with Gasteiger partial charge >= 0.3 is 5.82 Å². The molecule has 19 heavy (non-hydrogen) atoms. The number of carbonyl (C=O) groups excluding carboxylic acids is 1. The third kappa shape index (κ3) is 2.08. The van der Waals surface area contributed by atoms with Gasteiger partial charge in [-0.15, -0.1) is 6.42 Å². The molecule has 0 aromatic carbocycles. The highest BCUT2D eigenvalue weighted by Crippen LogP contribution is 2.37. The van der Waals surface area contributed by atoms with Crippen LogP contribution in [0.1, 0.15) is 13.8 Å². The highest BCUT2D eigenvalue weighted by atomic mass is 16.6. The Morgan fingerprint density at radius 3 is 2.84 bits per heavy atom. The lowest BCUT2D eigenvalue weighted by Gasteiger charge is -2.34. The molecule has 0 radical (unpaired) electrons. The van der Waals surface area contributed by atoms with Crippen LogP contribution in [0.4, 0.5) is 11.6 Å². The molecule has 1 aliphatic heterocycles. The Balaban J connectivity index is 2.57. The summed E-state index contributed by atoms with van der Waals surface area (Å²) in [6.45, 7) is 3.18. The molecule has 2 heterocycles. The lowest BCUT2D eigenvalue weighted by Crippen LogP contribution is -2.53. The van der Waals surface area contributed by atoms with E-state index in [2.05, 4.69) is 10.9 Å². The van der Waals surface area contributed by atoms with E-state index in [1.54, 1.807) is 13.8 Å². The highest BCUT2D eigenvalue weighted by Gasteiger charge is 2.44. The molecule has 0 atom stereocenters. The van der Waals surface area contributed by atoms with E-state index in [4.69, 9.17) is 11.2 Å². The molecule has 7 heteroatoms. The second kappa shape index (κ2) is 4.24. The molecule has 0 saturated carbocycles. The molecule has 1 aliphatic rings. The molecule has 1 aromatic heterocycles. The molecular formula is C12H11N3O4. The fraction of sp³-hybridized carbons (Fsp3) is 0.333. The van der Waals surface area contributed by atoms with E-state index in [1.165, 1.54) is 17.0 Å². The first-order valence-electron chi connectivity index (χ1n) is 5.46. The van der Waals surface area contributed by atoms with Crippen molar-refractivity contribution in [2.24, 2.45) is 0 Å². The highest BCUT2D eigenvalue weighted by molar-refractivity contribution is 6.01. The van der Waals surface area contributed by atoms with E-state index in [1.807, 2.05) is 0 Å². The number of fused-ring (bicyclic) bond motifs is 1. The van der Waals surface area contributed by atoms with Crippen molar-refractivity contribution in [3.63, 3.8) is 0 Å². The predicted molar refractivity (Wildman–Crippen MR) is 66.8 cm³/mol. The predicted octanol–water partition coefficient (Wildman–Crippen LogP) is 1.13. The maximum Gasteiger partial charge on any atom is 0.366 e. The Morgan fingerprint density at radius 2 is 2.26 bits per heavy atom. The average Bonchev–Trinajstić information content (AvgIpc) is 2.34. The molecule has 2 rings (SSSR count). The molecule has 0 fully saturated rings. The van der Waals surface area contributed by atoms with Crippen molar-refractivity contribution in [3.8, 4) is 18.1 Å². The lowest BCUT2D eigenvalue weighted by molar-refractivity contribution is -0.389. The van der Waals surface area contributed by atoms with E-state index >= 15 is 0 Å². The van der Waals surface area contributed by atoms with Crippen LogP contribution in [-0.4, -0.2) is 28.0 Å². The van der Waals surface area contributed by atoms with Gasteiger partial charge in [-0.1, -0.05) is 5.92 Å². The molecule has 0 spiro atoms. The number of ether oxygens (including phenoxy) is 1. The van der Waals surface area contributed by atoms with Crippen LogP contribution in [0.2, 0.25) is 0 Å². The van der Waals surface area contributed by atoms with Crippen LogP contribution in [-0.2, 0) is 4.79 Å².